The van der Waals surface area contributed by atoms with Crippen LogP contribution in [0.5, 0.6) is 0 Å². The van der Waals surface area contributed by atoms with Gasteiger partial charge < -0.3 is 20.5 Å². The number of aromatic nitrogens is 1. The molecule has 0 aliphatic carbocycles. The molecule has 0 radical (unpaired) electrons. The molecule has 1 aromatic heterocycles. The average molecular weight is 578 g/mol. The van der Waals surface area contributed by atoms with Gasteiger partial charge in [-0.2, -0.15) is 0 Å². The van der Waals surface area contributed by atoms with Crippen LogP contribution in [0.3, 0.4) is 0 Å². The number of ether oxygens (including phenoxy) is 2. The topological polar surface area (TPSA) is 150 Å². The molecule has 1 aromatic carbocycles. The van der Waals surface area contributed by atoms with Gasteiger partial charge >= 0.3 is 11.9 Å². The first-order chi connectivity index (χ1) is 20.3. The largest absolute Gasteiger partial charge is 0.462 e. The number of carbonyl (C=O) groups is 2. The van der Waals surface area contributed by atoms with Crippen molar-refractivity contribution < 1.29 is 24.0 Å². The van der Waals surface area contributed by atoms with E-state index in [-0.39, 0.29) is 29.3 Å². The quantitative estimate of drug-likeness (QED) is 0.160. The number of benzene rings is 1. The standard InChI is InChI=1S/C31H39N5O6/c1-3-4-5-6-16-41-30(37)26-21(2)34-29(32)28(27(26)23-11-7-12-24(17-23)36(39)40)31(38)42-25-13-9-15-35(20-25)19-22-10-8-14-33-18-22/h7-8,10-12,14,17-18,25,27,34H,3-6,9,13,15-16,19-20,32H2,1-2H3. The van der Waals surface area contributed by atoms with Gasteiger partial charge in [-0.15, -0.1) is 0 Å². The Labute approximate surface area is 245 Å². The Morgan fingerprint density at radius 1 is 1.17 bits per heavy atom. The number of allylic oxidation sites excluding steroid dienone is 1. The third kappa shape index (κ3) is 7.73. The van der Waals surface area contributed by atoms with Gasteiger partial charge in [0.15, 0.2) is 0 Å². The lowest BCUT2D eigenvalue weighted by Crippen LogP contribution is -2.42. The molecule has 0 saturated carbocycles. The van der Waals surface area contributed by atoms with Gasteiger partial charge in [0.1, 0.15) is 11.9 Å². The number of nitrogens with two attached hydrogens (primary N) is 1. The van der Waals surface area contributed by atoms with E-state index < -0.39 is 28.9 Å². The van der Waals surface area contributed by atoms with Gasteiger partial charge in [-0.1, -0.05) is 44.4 Å². The number of esters is 2. The summed E-state index contributed by atoms with van der Waals surface area (Å²) in [5.74, 6) is -2.25. The predicted molar refractivity (Wildman–Crippen MR) is 157 cm³/mol. The van der Waals surface area contributed by atoms with E-state index in [2.05, 4.69) is 22.1 Å². The van der Waals surface area contributed by atoms with Gasteiger partial charge in [0.2, 0.25) is 0 Å². The summed E-state index contributed by atoms with van der Waals surface area (Å²) >= 11 is 0. The molecule has 42 heavy (non-hydrogen) atoms. The van der Waals surface area contributed by atoms with Crippen molar-refractivity contribution in [3.63, 3.8) is 0 Å². The first-order valence-corrected chi connectivity index (χ1v) is 14.5. The molecule has 0 amide bonds. The number of non-ortho nitro benzene ring substituents is 1. The highest BCUT2D eigenvalue weighted by Crippen LogP contribution is 2.39. The van der Waals surface area contributed by atoms with Gasteiger partial charge in [-0.3, -0.25) is 20.0 Å². The van der Waals surface area contributed by atoms with Gasteiger partial charge in [-0.05, 0) is 49.9 Å². The fourth-order valence-electron chi connectivity index (χ4n) is 5.49. The molecule has 3 N–H and O–H groups in total. The summed E-state index contributed by atoms with van der Waals surface area (Å²) in [5.41, 5.74) is 8.28. The molecular weight excluding hydrogens is 538 g/mol. The number of nitrogens with one attached hydrogen (secondary N) is 1. The third-order valence-electron chi connectivity index (χ3n) is 7.54. The third-order valence-corrected chi connectivity index (χ3v) is 7.54. The average Bonchev–Trinajstić information content (AvgIpc) is 2.97. The SMILES string of the molecule is CCCCCCOC(=O)C1=C(C)NC(N)=C(C(=O)OC2CCCN(Cc3cccnc3)C2)C1c1cccc([N+](=O)[O-])c1. The zero-order valence-electron chi connectivity index (χ0n) is 24.2. The number of carbonyl (C=O) groups excluding carboxylic acids is 2. The first kappa shape index (κ1) is 30.7. The van der Waals surface area contributed by atoms with Crippen LogP contribution < -0.4 is 11.1 Å². The predicted octanol–water partition coefficient (Wildman–Crippen LogP) is 4.45. The maximum atomic E-state index is 13.8. The van der Waals surface area contributed by atoms with E-state index in [4.69, 9.17) is 15.2 Å². The van der Waals surface area contributed by atoms with E-state index in [9.17, 15) is 19.7 Å². The molecule has 2 unspecified atom stereocenters. The molecule has 0 bridgehead atoms. The van der Waals surface area contributed by atoms with Crippen molar-refractivity contribution in [2.45, 2.75) is 70.9 Å². The molecule has 1 fully saturated rings. The normalized spacial score (nSPS) is 19.3. The summed E-state index contributed by atoms with van der Waals surface area (Å²) in [7, 11) is 0. The Kier molecular flexibility index (Phi) is 10.7. The molecule has 1 saturated heterocycles. The summed E-state index contributed by atoms with van der Waals surface area (Å²) in [5, 5.41) is 14.6. The molecule has 2 atom stereocenters. The van der Waals surface area contributed by atoms with Crippen LogP contribution >= 0.6 is 0 Å². The number of likely N-dealkylation sites (tertiary alicyclic amines) is 1. The van der Waals surface area contributed by atoms with Crippen molar-refractivity contribution in [1.29, 1.82) is 0 Å². The molecule has 2 aliphatic rings. The van der Waals surface area contributed by atoms with E-state index in [1.165, 1.54) is 18.2 Å². The van der Waals surface area contributed by atoms with Crippen molar-refractivity contribution in [2.75, 3.05) is 19.7 Å². The number of piperidine rings is 1. The van der Waals surface area contributed by atoms with Crippen molar-refractivity contribution >= 4 is 17.6 Å². The minimum absolute atomic E-state index is 0.0309. The van der Waals surface area contributed by atoms with Crippen molar-refractivity contribution in [1.82, 2.24) is 15.2 Å². The van der Waals surface area contributed by atoms with Crippen LogP contribution in [0.15, 0.2) is 71.5 Å². The summed E-state index contributed by atoms with van der Waals surface area (Å²) in [6.45, 7) is 6.07. The lowest BCUT2D eigenvalue weighted by atomic mass is 9.81. The summed E-state index contributed by atoms with van der Waals surface area (Å²) < 4.78 is 11.6. The van der Waals surface area contributed by atoms with Crippen LogP contribution in [0.4, 0.5) is 5.69 Å². The number of hydrogen-bond acceptors (Lipinski definition) is 10. The van der Waals surface area contributed by atoms with E-state index in [1.54, 1.807) is 19.2 Å². The number of unbranched alkanes of at least 4 members (excludes halogenated alkanes) is 3. The van der Waals surface area contributed by atoms with Crippen molar-refractivity contribution in [3.05, 3.63) is 92.7 Å². The maximum Gasteiger partial charge on any atom is 0.338 e. The number of dihydropyridines is 1. The zero-order chi connectivity index (χ0) is 30.1. The Bertz CT molecular complexity index is 1340. The zero-order valence-corrected chi connectivity index (χ0v) is 24.2. The molecular formula is C31H39N5O6. The van der Waals surface area contributed by atoms with Gasteiger partial charge in [0.25, 0.3) is 5.69 Å². The van der Waals surface area contributed by atoms with Gasteiger partial charge in [0.05, 0.1) is 28.6 Å². The lowest BCUT2D eigenvalue weighted by molar-refractivity contribution is -0.384. The molecule has 11 heteroatoms. The highest BCUT2D eigenvalue weighted by atomic mass is 16.6. The van der Waals surface area contributed by atoms with Gasteiger partial charge in [0, 0.05) is 43.3 Å². The number of pyridine rings is 1. The second-order valence-corrected chi connectivity index (χ2v) is 10.7. The Morgan fingerprint density at radius 3 is 2.74 bits per heavy atom. The molecule has 224 valence electrons. The van der Waals surface area contributed by atoms with E-state index in [1.807, 2.05) is 18.3 Å². The number of nitro benzene ring substituents is 1. The van der Waals surface area contributed by atoms with Gasteiger partial charge in [-0.25, -0.2) is 9.59 Å². The molecule has 4 rings (SSSR count). The molecule has 3 heterocycles. The van der Waals surface area contributed by atoms with Crippen LogP contribution in [-0.4, -0.2) is 52.5 Å². The van der Waals surface area contributed by atoms with Crippen LogP contribution in [-0.2, 0) is 25.6 Å². The number of hydrogen-bond donors (Lipinski definition) is 2. The maximum absolute atomic E-state index is 13.8. The van der Waals surface area contributed by atoms with Crippen LogP contribution in [0.25, 0.3) is 0 Å². The summed E-state index contributed by atoms with van der Waals surface area (Å²) in [6, 6.07) is 9.77. The van der Waals surface area contributed by atoms with E-state index in [0.29, 0.717) is 37.2 Å². The number of nitrogens with zero attached hydrogens (tertiary/aromatic N) is 3. The van der Waals surface area contributed by atoms with E-state index >= 15 is 0 Å². The van der Waals surface area contributed by atoms with Crippen molar-refractivity contribution in [2.24, 2.45) is 5.73 Å². The highest BCUT2D eigenvalue weighted by Gasteiger charge is 2.40. The first-order valence-electron chi connectivity index (χ1n) is 14.5. The lowest BCUT2D eigenvalue weighted by Gasteiger charge is -2.34. The summed E-state index contributed by atoms with van der Waals surface area (Å²) in [6.07, 6.45) is 8.40. The Hall–Kier alpha value is -4.25. The highest BCUT2D eigenvalue weighted by molar-refractivity contribution is 6.00. The van der Waals surface area contributed by atoms with Crippen LogP contribution in [0.1, 0.15) is 69.4 Å². The number of rotatable bonds is 12. The second kappa shape index (κ2) is 14.6. The van der Waals surface area contributed by atoms with Crippen LogP contribution in [0.2, 0.25) is 0 Å². The molecule has 2 aromatic rings. The summed E-state index contributed by atoms with van der Waals surface area (Å²) in [4.78, 5) is 44.7. The monoisotopic (exact) mass is 577 g/mol. The van der Waals surface area contributed by atoms with Crippen molar-refractivity contribution in [3.8, 4) is 0 Å². The number of nitro groups is 1. The van der Waals surface area contributed by atoms with Crippen LogP contribution in [0, 0.1) is 10.1 Å². The minimum Gasteiger partial charge on any atom is -0.462 e. The minimum atomic E-state index is -1.00. The Balaban J connectivity index is 1.58. The second-order valence-electron chi connectivity index (χ2n) is 10.7. The fourth-order valence-corrected chi connectivity index (χ4v) is 5.49. The van der Waals surface area contributed by atoms with E-state index in [0.717, 1.165) is 37.8 Å². The molecule has 2 aliphatic heterocycles. The Morgan fingerprint density at radius 2 is 2.00 bits per heavy atom. The molecule has 11 nitrogen and oxygen atoms in total. The molecule has 0 spiro atoms. The smallest absolute Gasteiger partial charge is 0.338 e. The fraction of sp³-hybridized carbons (Fsp3) is 0.452.